The van der Waals surface area contributed by atoms with Crippen LogP contribution in [0.15, 0.2) is 55.4 Å². The average molecular weight is 378 g/mol. The summed E-state index contributed by atoms with van der Waals surface area (Å²) in [6, 6.07) is 11.1. The van der Waals surface area contributed by atoms with Gasteiger partial charge < -0.3 is 15.2 Å². The van der Waals surface area contributed by atoms with Gasteiger partial charge in [-0.25, -0.2) is 9.97 Å². The maximum Gasteiger partial charge on any atom is 0.145 e. The van der Waals surface area contributed by atoms with E-state index in [9.17, 15) is 5.11 Å². The van der Waals surface area contributed by atoms with Gasteiger partial charge in [0.05, 0.1) is 10.9 Å². The molecule has 0 aliphatic rings. The van der Waals surface area contributed by atoms with Crippen molar-refractivity contribution in [2.24, 2.45) is 0 Å². The SMILES string of the molecule is C=CCN(C)C[C@@H](C)Oc1cccc2ncnc(Nc3ccc(O)c(C)c3)c12. The number of benzene rings is 2. The molecule has 146 valence electrons. The molecule has 3 rings (SSSR count). The first-order valence-electron chi connectivity index (χ1n) is 9.24. The Morgan fingerprint density at radius 3 is 2.86 bits per heavy atom. The minimum absolute atomic E-state index is 0.0143. The van der Waals surface area contributed by atoms with Crippen LogP contribution < -0.4 is 10.1 Å². The number of phenols is 1. The Morgan fingerprint density at radius 2 is 2.11 bits per heavy atom. The maximum atomic E-state index is 9.75. The number of anilines is 2. The molecule has 0 aliphatic heterocycles. The first-order valence-corrected chi connectivity index (χ1v) is 9.24. The molecule has 1 atom stereocenters. The summed E-state index contributed by atoms with van der Waals surface area (Å²) in [5.74, 6) is 1.66. The third kappa shape index (κ3) is 4.58. The summed E-state index contributed by atoms with van der Waals surface area (Å²) in [6.07, 6.45) is 3.39. The Labute approximate surface area is 165 Å². The van der Waals surface area contributed by atoms with Crippen LogP contribution in [0.4, 0.5) is 11.5 Å². The van der Waals surface area contributed by atoms with E-state index in [-0.39, 0.29) is 11.9 Å². The van der Waals surface area contributed by atoms with Crippen molar-refractivity contribution in [1.29, 1.82) is 0 Å². The van der Waals surface area contributed by atoms with Gasteiger partial charge in [-0.2, -0.15) is 0 Å². The van der Waals surface area contributed by atoms with Crippen LogP contribution in [-0.4, -0.2) is 46.2 Å². The fourth-order valence-electron chi connectivity index (χ4n) is 3.13. The fraction of sp³-hybridized carbons (Fsp3) is 0.273. The number of ether oxygens (including phenoxy) is 1. The lowest BCUT2D eigenvalue weighted by atomic mass is 10.1. The van der Waals surface area contributed by atoms with Gasteiger partial charge in [0.25, 0.3) is 0 Å². The molecule has 0 bridgehead atoms. The molecule has 28 heavy (non-hydrogen) atoms. The molecule has 0 aliphatic carbocycles. The van der Waals surface area contributed by atoms with E-state index in [1.807, 2.05) is 57.3 Å². The van der Waals surface area contributed by atoms with Crippen LogP contribution in [0.1, 0.15) is 12.5 Å². The number of aryl methyl sites for hydroxylation is 1. The zero-order valence-corrected chi connectivity index (χ0v) is 16.5. The van der Waals surface area contributed by atoms with Crippen molar-refractivity contribution >= 4 is 22.4 Å². The Hall–Kier alpha value is -3.12. The topological polar surface area (TPSA) is 70.5 Å². The summed E-state index contributed by atoms with van der Waals surface area (Å²) in [5.41, 5.74) is 2.43. The molecule has 6 nitrogen and oxygen atoms in total. The number of hydrogen-bond donors (Lipinski definition) is 2. The number of nitrogens with zero attached hydrogens (tertiary/aromatic N) is 3. The van der Waals surface area contributed by atoms with Crippen LogP contribution in [0.2, 0.25) is 0 Å². The van der Waals surface area contributed by atoms with E-state index in [0.717, 1.165) is 41.0 Å². The van der Waals surface area contributed by atoms with Crippen molar-refractivity contribution in [3.05, 3.63) is 60.9 Å². The number of hydrogen-bond acceptors (Lipinski definition) is 6. The predicted molar refractivity (Wildman–Crippen MR) is 113 cm³/mol. The Balaban J connectivity index is 1.91. The molecule has 0 unspecified atom stereocenters. The lowest BCUT2D eigenvalue weighted by Crippen LogP contribution is -2.31. The number of rotatable bonds is 8. The molecule has 0 fully saturated rings. The molecule has 2 aromatic carbocycles. The molecular weight excluding hydrogens is 352 g/mol. The van der Waals surface area contributed by atoms with Crippen LogP contribution in [0.5, 0.6) is 11.5 Å². The number of aromatic nitrogens is 2. The largest absolute Gasteiger partial charge is 0.508 e. The van der Waals surface area contributed by atoms with E-state index in [0.29, 0.717) is 5.82 Å². The van der Waals surface area contributed by atoms with Gasteiger partial charge in [0.15, 0.2) is 0 Å². The summed E-state index contributed by atoms with van der Waals surface area (Å²) < 4.78 is 6.23. The molecule has 0 saturated carbocycles. The fourth-order valence-corrected chi connectivity index (χ4v) is 3.13. The monoisotopic (exact) mass is 378 g/mol. The highest BCUT2D eigenvalue weighted by molar-refractivity contribution is 5.95. The van der Waals surface area contributed by atoms with Crippen molar-refractivity contribution in [2.75, 3.05) is 25.5 Å². The van der Waals surface area contributed by atoms with Gasteiger partial charge in [-0.05, 0) is 56.8 Å². The first kappa shape index (κ1) is 19.6. The van der Waals surface area contributed by atoms with E-state index in [1.165, 1.54) is 6.33 Å². The van der Waals surface area contributed by atoms with Gasteiger partial charge in [-0.3, -0.25) is 4.90 Å². The first-order chi connectivity index (χ1) is 13.5. The Morgan fingerprint density at radius 1 is 1.29 bits per heavy atom. The average Bonchev–Trinajstić information content (AvgIpc) is 2.65. The van der Waals surface area contributed by atoms with Crippen LogP contribution in [0.3, 0.4) is 0 Å². The third-order valence-corrected chi connectivity index (χ3v) is 4.42. The zero-order valence-electron chi connectivity index (χ0n) is 16.5. The number of likely N-dealkylation sites (N-methyl/N-ethyl adjacent to an activating group) is 1. The summed E-state index contributed by atoms with van der Waals surface area (Å²) >= 11 is 0. The maximum absolute atomic E-state index is 9.75. The molecule has 0 amide bonds. The van der Waals surface area contributed by atoms with E-state index < -0.39 is 0 Å². The summed E-state index contributed by atoms with van der Waals surface area (Å²) in [6.45, 7) is 9.25. The third-order valence-electron chi connectivity index (χ3n) is 4.42. The van der Waals surface area contributed by atoms with Gasteiger partial charge in [0.2, 0.25) is 0 Å². The van der Waals surface area contributed by atoms with E-state index >= 15 is 0 Å². The molecule has 0 radical (unpaired) electrons. The van der Waals surface area contributed by atoms with E-state index in [1.54, 1.807) is 6.07 Å². The summed E-state index contributed by atoms with van der Waals surface area (Å²) in [4.78, 5) is 11.0. The number of fused-ring (bicyclic) bond motifs is 1. The normalized spacial score (nSPS) is 12.1. The highest BCUT2D eigenvalue weighted by Crippen LogP contribution is 2.32. The number of aromatic hydroxyl groups is 1. The minimum atomic E-state index is -0.0143. The predicted octanol–water partition coefficient (Wildman–Crippen LogP) is 4.27. The highest BCUT2D eigenvalue weighted by atomic mass is 16.5. The molecule has 6 heteroatoms. The lowest BCUT2D eigenvalue weighted by Gasteiger charge is -2.22. The van der Waals surface area contributed by atoms with Gasteiger partial charge in [0, 0.05) is 18.8 Å². The van der Waals surface area contributed by atoms with Crippen molar-refractivity contribution in [2.45, 2.75) is 20.0 Å². The molecule has 2 N–H and O–H groups in total. The van der Waals surface area contributed by atoms with Crippen LogP contribution in [0.25, 0.3) is 10.9 Å². The van der Waals surface area contributed by atoms with Gasteiger partial charge in [0.1, 0.15) is 29.7 Å². The zero-order chi connectivity index (χ0) is 20.1. The van der Waals surface area contributed by atoms with Gasteiger partial charge >= 0.3 is 0 Å². The van der Waals surface area contributed by atoms with Crippen LogP contribution in [-0.2, 0) is 0 Å². The van der Waals surface area contributed by atoms with Crippen molar-refractivity contribution in [3.8, 4) is 11.5 Å². The standard InChI is InChI=1S/C22H26N4O2/c1-5-11-26(4)13-16(3)28-20-8-6-7-18-21(20)22(24-14-23-18)25-17-9-10-19(27)15(2)12-17/h5-10,12,14,16,27H,1,11,13H2,2-4H3,(H,23,24,25)/t16-/m1/s1. The Bertz CT molecular complexity index is 969. The minimum Gasteiger partial charge on any atom is -0.508 e. The van der Waals surface area contributed by atoms with Crippen molar-refractivity contribution < 1.29 is 9.84 Å². The molecule has 3 aromatic rings. The second kappa shape index (κ2) is 8.71. The van der Waals surface area contributed by atoms with E-state index in [4.69, 9.17) is 4.74 Å². The second-order valence-corrected chi connectivity index (χ2v) is 6.94. The van der Waals surface area contributed by atoms with Crippen molar-refractivity contribution in [1.82, 2.24) is 14.9 Å². The molecule has 1 aromatic heterocycles. The second-order valence-electron chi connectivity index (χ2n) is 6.94. The summed E-state index contributed by atoms with van der Waals surface area (Å²) in [7, 11) is 2.04. The van der Waals surface area contributed by atoms with Crippen LogP contribution >= 0.6 is 0 Å². The van der Waals surface area contributed by atoms with Crippen LogP contribution in [0, 0.1) is 6.92 Å². The molecule has 0 spiro atoms. The van der Waals surface area contributed by atoms with Gasteiger partial charge in [-0.15, -0.1) is 6.58 Å². The van der Waals surface area contributed by atoms with E-state index in [2.05, 4.69) is 26.8 Å². The molecular formula is C22H26N4O2. The molecule has 1 heterocycles. The quantitative estimate of drug-likeness (QED) is 0.450. The lowest BCUT2D eigenvalue weighted by molar-refractivity contribution is 0.171. The molecule has 0 saturated heterocycles. The number of nitrogens with one attached hydrogen (secondary N) is 1. The van der Waals surface area contributed by atoms with Crippen molar-refractivity contribution in [3.63, 3.8) is 0 Å². The summed E-state index contributed by atoms with van der Waals surface area (Å²) in [5, 5.41) is 13.9. The Kier molecular flexibility index (Phi) is 6.11. The van der Waals surface area contributed by atoms with Gasteiger partial charge in [-0.1, -0.05) is 12.1 Å². The highest BCUT2D eigenvalue weighted by Gasteiger charge is 2.14. The number of phenolic OH excluding ortho intramolecular Hbond substituents is 1. The smallest absolute Gasteiger partial charge is 0.145 e.